The van der Waals surface area contributed by atoms with Crippen LogP contribution in [-0.2, 0) is 23.7 Å². The number of rotatable bonds is 4. The van der Waals surface area contributed by atoms with Crippen molar-refractivity contribution in [2.45, 2.75) is 168 Å². The lowest BCUT2D eigenvalue weighted by molar-refractivity contribution is -0.340. The van der Waals surface area contributed by atoms with Gasteiger partial charge in [0.15, 0.2) is 12.1 Å². The minimum atomic E-state index is -1.75. The first-order chi connectivity index (χ1) is 22.1. The minimum absolute atomic E-state index is 0.0534. The Kier molecular flexibility index (Phi) is 8.03. The molecule has 5 saturated carbocycles. The summed E-state index contributed by atoms with van der Waals surface area (Å²) < 4.78 is 24.7. The van der Waals surface area contributed by atoms with Gasteiger partial charge >= 0.3 is 5.97 Å². The predicted molar refractivity (Wildman–Crippen MR) is 175 cm³/mol. The number of fused-ring (bicyclic) bond motifs is 4. The number of hydrogen-bond acceptors (Lipinski definition) is 10. The van der Waals surface area contributed by atoms with Gasteiger partial charge in [-0.1, -0.05) is 55.4 Å². The van der Waals surface area contributed by atoms with Crippen molar-refractivity contribution < 1.29 is 49.3 Å². The maximum absolute atomic E-state index is 12.7. The smallest absolute Gasteiger partial charge is 0.303 e. The highest BCUT2D eigenvalue weighted by Gasteiger charge is 2.86. The van der Waals surface area contributed by atoms with E-state index in [-0.39, 0.29) is 58.1 Å². The highest BCUT2D eigenvalue weighted by atomic mass is 16.7. The summed E-state index contributed by atoms with van der Waals surface area (Å²) in [5.74, 6) is -1.72. The van der Waals surface area contributed by atoms with Crippen LogP contribution in [0.25, 0.3) is 0 Å². The van der Waals surface area contributed by atoms with Crippen LogP contribution < -0.4 is 0 Å². The molecule has 0 bridgehead atoms. The first kappa shape index (κ1) is 35.5. The Bertz CT molecular complexity index is 1300. The van der Waals surface area contributed by atoms with Gasteiger partial charge in [-0.25, -0.2) is 0 Å². The summed E-state index contributed by atoms with van der Waals surface area (Å²) in [5, 5.41) is 56.1. The van der Waals surface area contributed by atoms with E-state index in [4.69, 9.17) is 18.9 Å². The van der Waals surface area contributed by atoms with E-state index in [0.717, 1.165) is 44.9 Å². The van der Waals surface area contributed by atoms with Gasteiger partial charge in [0.05, 0.1) is 18.8 Å². The predicted octanol–water partition coefficient (Wildman–Crippen LogP) is 3.92. The summed E-state index contributed by atoms with van der Waals surface area (Å²) in [6, 6.07) is 0. The molecule has 2 heterocycles. The fourth-order valence-electron chi connectivity index (χ4n) is 14.0. The molecule has 7 fully saturated rings. The highest BCUT2D eigenvalue weighted by molar-refractivity contribution is 5.66. The molecular weight excluding hydrogens is 616 g/mol. The van der Waals surface area contributed by atoms with Gasteiger partial charge in [0, 0.05) is 23.7 Å². The van der Waals surface area contributed by atoms with Crippen molar-refractivity contribution in [2.75, 3.05) is 6.61 Å². The summed E-state index contributed by atoms with van der Waals surface area (Å²) in [6.45, 7) is 18.7. The van der Waals surface area contributed by atoms with Crippen LogP contribution in [0.5, 0.6) is 0 Å². The molecule has 7 rings (SSSR count). The monoisotopic (exact) mass is 678 g/mol. The number of aliphatic hydroxyl groups is 5. The molecule has 2 saturated heterocycles. The van der Waals surface area contributed by atoms with Gasteiger partial charge in [0.2, 0.25) is 0 Å². The van der Waals surface area contributed by atoms with E-state index in [0.29, 0.717) is 12.3 Å². The third kappa shape index (κ3) is 4.42. The second-order valence-electron chi connectivity index (χ2n) is 19.5. The molecule has 2 aliphatic heterocycles. The Morgan fingerprint density at radius 3 is 2.21 bits per heavy atom. The van der Waals surface area contributed by atoms with E-state index in [1.165, 1.54) is 6.92 Å². The van der Waals surface area contributed by atoms with Crippen LogP contribution in [0, 0.1) is 56.2 Å². The SMILES string of the molecule is CC(=O)O[C@@H]([C@H]1C[C@@H](C)[C@H]2[C@@](O)(O1)[C@H](O)[C@@]1(C)[C@@H]3CC[C@H]4C(C)(C)[C@@H](O[C@@H]5OCC(O)[C@H](O)[C@H]5O)CC[C@@]45C[C@@]35CC[C@]21C)C(C)(C)C. The summed E-state index contributed by atoms with van der Waals surface area (Å²) in [5.41, 5.74) is -1.37. The molecule has 48 heavy (non-hydrogen) atoms. The summed E-state index contributed by atoms with van der Waals surface area (Å²) in [6.07, 6.45) is 0.354. The lowest BCUT2D eigenvalue weighted by atomic mass is 9.41. The third-order valence-corrected chi connectivity index (χ3v) is 16.0. The Labute approximate surface area is 286 Å². The first-order valence-electron chi connectivity index (χ1n) is 18.7. The van der Waals surface area contributed by atoms with Gasteiger partial charge in [0.25, 0.3) is 0 Å². The lowest BCUT2D eigenvalue weighted by Crippen LogP contribution is -2.61. The molecule has 274 valence electrons. The number of carbonyl (C=O) groups excluding carboxylic acids is 1. The number of carbonyl (C=O) groups is 1. The Morgan fingerprint density at radius 2 is 1.56 bits per heavy atom. The molecule has 5 aliphatic carbocycles. The first-order valence-corrected chi connectivity index (χ1v) is 18.7. The van der Waals surface area contributed by atoms with Gasteiger partial charge in [0.1, 0.15) is 30.5 Å². The van der Waals surface area contributed by atoms with Crippen LogP contribution in [0.1, 0.15) is 114 Å². The second kappa shape index (κ2) is 10.8. The van der Waals surface area contributed by atoms with E-state index in [1.54, 1.807) is 0 Å². The zero-order chi connectivity index (χ0) is 35.2. The number of esters is 1. The lowest BCUT2D eigenvalue weighted by Gasteiger charge is -2.63. The summed E-state index contributed by atoms with van der Waals surface area (Å²) in [4.78, 5) is 12.2. The number of hydrogen-bond donors (Lipinski definition) is 5. The van der Waals surface area contributed by atoms with Gasteiger partial charge in [-0.05, 0) is 90.8 Å². The zero-order valence-electron chi connectivity index (χ0n) is 30.6. The Balaban J connectivity index is 1.17. The van der Waals surface area contributed by atoms with Gasteiger partial charge < -0.3 is 44.5 Å². The average Bonchev–Trinajstić information content (AvgIpc) is 3.62. The maximum Gasteiger partial charge on any atom is 0.303 e. The average molecular weight is 679 g/mol. The van der Waals surface area contributed by atoms with Crippen molar-refractivity contribution >= 4 is 5.97 Å². The van der Waals surface area contributed by atoms with Crippen molar-refractivity contribution in [2.24, 2.45) is 56.2 Å². The quantitative estimate of drug-likeness (QED) is 0.218. The minimum Gasteiger partial charge on any atom is -0.459 e. The fourth-order valence-corrected chi connectivity index (χ4v) is 14.0. The van der Waals surface area contributed by atoms with Crippen LogP contribution in [0.3, 0.4) is 0 Å². The number of aliphatic hydroxyl groups excluding tert-OH is 4. The van der Waals surface area contributed by atoms with Crippen molar-refractivity contribution in [1.82, 2.24) is 0 Å². The third-order valence-electron chi connectivity index (χ3n) is 16.0. The standard InChI is InChI=1S/C38H62O10/c1-19-16-22(29(32(3,4)5)46-20(2)39)48-38(44)28(19)34(8)14-15-37-18-36(37)13-12-25(47-30-27(42)26(41)21(40)17-45-30)33(6,7)23(36)10-11-24(37)35(34,9)31(38)43/h19,21-31,40-44H,10-18H2,1-9H3/t19-,21?,22-,23+,24+,25+,26+,27-,28-,29+,30+,31-,34-,35-,36-,37+,38-/m1/s1. The maximum atomic E-state index is 12.7. The van der Waals surface area contributed by atoms with Crippen molar-refractivity contribution in [3.63, 3.8) is 0 Å². The topological polar surface area (TPSA) is 155 Å². The molecule has 0 aromatic rings. The van der Waals surface area contributed by atoms with Gasteiger partial charge in [-0.2, -0.15) is 0 Å². The van der Waals surface area contributed by atoms with Crippen molar-refractivity contribution in [3.05, 3.63) is 0 Å². The van der Waals surface area contributed by atoms with E-state index in [1.807, 2.05) is 20.8 Å². The molecule has 1 unspecified atom stereocenters. The van der Waals surface area contributed by atoms with E-state index in [9.17, 15) is 30.3 Å². The molecule has 17 atom stereocenters. The van der Waals surface area contributed by atoms with E-state index >= 15 is 0 Å². The van der Waals surface area contributed by atoms with Gasteiger partial charge in [-0.3, -0.25) is 4.79 Å². The second-order valence-corrected chi connectivity index (χ2v) is 19.5. The van der Waals surface area contributed by atoms with Crippen LogP contribution in [0.2, 0.25) is 0 Å². The fraction of sp³-hybridized carbons (Fsp3) is 0.974. The molecular formula is C38H62O10. The largest absolute Gasteiger partial charge is 0.459 e. The van der Waals surface area contributed by atoms with E-state index in [2.05, 4.69) is 34.6 Å². The van der Waals surface area contributed by atoms with Crippen LogP contribution >= 0.6 is 0 Å². The van der Waals surface area contributed by atoms with Crippen molar-refractivity contribution in [1.29, 1.82) is 0 Å². The highest BCUT2D eigenvalue weighted by Crippen LogP contribution is 2.89. The number of ether oxygens (including phenoxy) is 4. The molecule has 0 radical (unpaired) electrons. The molecule has 5 N–H and O–H groups in total. The zero-order valence-corrected chi connectivity index (χ0v) is 30.6. The van der Waals surface area contributed by atoms with E-state index < -0.39 is 59.5 Å². The van der Waals surface area contributed by atoms with Crippen molar-refractivity contribution in [3.8, 4) is 0 Å². The normalized spacial score (nSPS) is 56.1. The van der Waals surface area contributed by atoms with Gasteiger partial charge in [-0.15, -0.1) is 0 Å². The molecule has 0 aromatic carbocycles. The molecule has 7 aliphatic rings. The summed E-state index contributed by atoms with van der Waals surface area (Å²) in [7, 11) is 0. The van der Waals surface area contributed by atoms with Crippen LogP contribution in [0.4, 0.5) is 0 Å². The van der Waals surface area contributed by atoms with Crippen LogP contribution in [0.15, 0.2) is 0 Å². The molecule has 0 aromatic heterocycles. The Morgan fingerprint density at radius 1 is 0.917 bits per heavy atom. The molecule has 2 spiro atoms. The molecule has 10 nitrogen and oxygen atoms in total. The van der Waals surface area contributed by atoms with Crippen LogP contribution in [-0.4, -0.2) is 92.9 Å². The molecule has 0 amide bonds. The Hall–Kier alpha value is -0.850. The molecule has 10 heteroatoms. The summed E-state index contributed by atoms with van der Waals surface area (Å²) >= 11 is 0.